The van der Waals surface area contributed by atoms with Crippen molar-refractivity contribution in [1.29, 1.82) is 0 Å². The second-order valence-electron chi connectivity index (χ2n) is 20.9. The van der Waals surface area contributed by atoms with Crippen LogP contribution in [0.5, 0.6) is 0 Å². The van der Waals surface area contributed by atoms with Crippen molar-refractivity contribution >= 4 is 43.7 Å². The van der Waals surface area contributed by atoms with Crippen LogP contribution < -0.4 is 0 Å². The third-order valence-corrected chi connectivity index (χ3v) is 15.9. The lowest BCUT2D eigenvalue weighted by molar-refractivity contribution is 0.660. The number of aryl methyl sites for hydroxylation is 1. The van der Waals surface area contributed by atoms with Gasteiger partial charge in [-0.3, -0.25) is 0 Å². The van der Waals surface area contributed by atoms with Gasteiger partial charge < -0.3 is 8.98 Å². The zero-order valence-electron chi connectivity index (χ0n) is 42.3. The van der Waals surface area contributed by atoms with Crippen LogP contribution in [0.1, 0.15) is 54.5 Å². The number of aromatic nitrogens is 4. The van der Waals surface area contributed by atoms with Gasteiger partial charge in [0.2, 0.25) is 0 Å². The summed E-state index contributed by atoms with van der Waals surface area (Å²) < 4.78 is 9.16. The first-order chi connectivity index (χ1) is 36.7. The molecule has 5 heteroatoms. The molecule has 5 nitrogen and oxygen atoms in total. The molecule has 0 saturated heterocycles. The van der Waals surface area contributed by atoms with E-state index in [-0.39, 0.29) is 11.3 Å². The van der Waals surface area contributed by atoms with Crippen molar-refractivity contribution < 1.29 is 4.42 Å². The van der Waals surface area contributed by atoms with Gasteiger partial charge >= 0.3 is 0 Å². The van der Waals surface area contributed by atoms with Crippen LogP contribution in [-0.4, -0.2) is 19.5 Å². The van der Waals surface area contributed by atoms with E-state index in [0.717, 1.165) is 50.7 Å². The highest BCUT2D eigenvalue weighted by atomic mass is 16.3. The first-order valence-corrected chi connectivity index (χ1v) is 26.0. The fourth-order valence-electron chi connectivity index (χ4n) is 12.0. The summed E-state index contributed by atoms with van der Waals surface area (Å²) in [5.74, 6) is 2.00. The van der Waals surface area contributed by atoms with Gasteiger partial charge in [0.05, 0.1) is 16.6 Å². The Labute approximate surface area is 436 Å². The summed E-state index contributed by atoms with van der Waals surface area (Å²) in [7, 11) is 0. The number of hydrogen-bond acceptors (Lipinski definition) is 4. The summed E-state index contributed by atoms with van der Waals surface area (Å²) >= 11 is 0. The van der Waals surface area contributed by atoms with Crippen LogP contribution in [0.3, 0.4) is 0 Å². The van der Waals surface area contributed by atoms with Gasteiger partial charge in [0.25, 0.3) is 0 Å². The number of hydrogen-bond donors (Lipinski definition) is 0. The molecule has 14 rings (SSSR count). The van der Waals surface area contributed by atoms with E-state index in [1.807, 2.05) is 60.7 Å². The fraction of sp³-hybridized carbons (Fsp3) is 0.100. The lowest BCUT2D eigenvalue weighted by atomic mass is 9.80. The Bertz CT molecular complexity index is 4320. The van der Waals surface area contributed by atoms with Gasteiger partial charge in [-0.2, -0.15) is 0 Å². The lowest BCUT2D eigenvalue weighted by Gasteiger charge is -2.23. The molecule has 0 bridgehead atoms. The van der Waals surface area contributed by atoms with Crippen molar-refractivity contribution in [2.24, 2.45) is 0 Å². The molecule has 13 aromatic rings. The molecule has 1 atom stereocenters. The third-order valence-electron chi connectivity index (χ3n) is 15.9. The minimum absolute atomic E-state index is 0.0824. The van der Waals surface area contributed by atoms with E-state index in [2.05, 4.69) is 196 Å². The van der Waals surface area contributed by atoms with Crippen molar-refractivity contribution in [1.82, 2.24) is 19.5 Å². The molecule has 0 aliphatic heterocycles. The molecule has 0 spiro atoms. The monoisotopic (exact) mass is 964 g/mol. The highest BCUT2D eigenvalue weighted by Gasteiger charge is 2.36. The number of benzene rings is 10. The second-order valence-corrected chi connectivity index (χ2v) is 20.9. The molecule has 1 aliphatic rings. The predicted molar refractivity (Wildman–Crippen MR) is 309 cm³/mol. The van der Waals surface area contributed by atoms with E-state index in [1.165, 1.54) is 83.0 Å². The van der Waals surface area contributed by atoms with Crippen LogP contribution in [0.4, 0.5) is 0 Å². The summed E-state index contributed by atoms with van der Waals surface area (Å²) in [5, 5.41) is 4.60. The molecule has 0 saturated carbocycles. The molecule has 1 aliphatic carbocycles. The van der Waals surface area contributed by atoms with Gasteiger partial charge in [0.1, 0.15) is 11.2 Å². The Balaban J connectivity index is 0.874. The van der Waals surface area contributed by atoms with Crippen LogP contribution in [-0.2, 0) is 11.8 Å². The molecule has 75 heavy (non-hydrogen) atoms. The Hall–Kier alpha value is -9.19. The topological polar surface area (TPSA) is 56.7 Å². The fourth-order valence-corrected chi connectivity index (χ4v) is 12.0. The van der Waals surface area contributed by atoms with Crippen LogP contribution in [0, 0.1) is 6.92 Å². The second kappa shape index (κ2) is 17.5. The van der Waals surface area contributed by atoms with Gasteiger partial charge in [-0.1, -0.05) is 185 Å². The quantitative estimate of drug-likeness (QED) is 0.145. The molecule has 0 N–H and O–H groups in total. The van der Waals surface area contributed by atoms with Gasteiger partial charge in [0.15, 0.2) is 17.5 Å². The van der Waals surface area contributed by atoms with Crippen molar-refractivity contribution in [3.05, 3.63) is 252 Å². The smallest absolute Gasteiger partial charge is 0.167 e. The molecular formula is C70H52N4O. The van der Waals surface area contributed by atoms with E-state index in [1.54, 1.807) is 0 Å². The van der Waals surface area contributed by atoms with E-state index < -0.39 is 0 Å². The summed E-state index contributed by atoms with van der Waals surface area (Å²) in [4.78, 5) is 15.1. The van der Waals surface area contributed by atoms with Crippen LogP contribution in [0.2, 0.25) is 0 Å². The van der Waals surface area contributed by atoms with Crippen LogP contribution >= 0.6 is 0 Å². The zero-order chi connectivity index (χ0) is 50.4. The van der Waals surface area contributed by atoms with Crippen LogP contribution in [0.25, 0.3) is 117 Å². The zero-order valence-corrected chi connectivity index (χ0v) is 42.3. The Morgan fingerprint density at radius 2 is 1.07 bits per heavy atom. The molecule has 3 aromatic heterocycles. The summed E-state index contributed by atoms with van der Waals surface area (Å²) in [6.07, 6.45) is 0.847. The Kier molecular flexibility index (Phi) is 10.4. The van der Waals surface area contributed by atoms with Crippen molar-refractivity contribution in [2.75, 3.05) is 0 Å². The van der Waals surface area contributed by atoms with Gasteiger partial charge in [0, 0.05) is 43.8 Å². The van der Waals surface area contributed by atoms with Crippen molar-refractivity contribution in [2.45, 2.75) is 45.4 Å². The Morgan fingerprint density at radius 1 is 0.440 bits per heavy atom. The first-order valence-electron chi connectivity index (χ1n) is 26.0. The normalized spacial score (nSPS) is 13.2. The summed E-state index contributed by atoms with van der Waals surface area (Å²) in [5.41, 5.74) is 22.0. The van der Waals surface area contributed by atoms with Crippen molar-refractivity contribution in [3.63, 3.8) is 0 Å². The molecule has 3 heterocycles. The van der Waals surface area contributed by atoms with E-state index >= 15 is 0 Å². The standard InChI is InChI=1S/C70H52N4O/c1-43(47-34-36-65-60(39-47)54-27-18-28-55(66(54)75-65)69-72-67(45-19-8-5-9-20-45)71-68(73-69)46-21-10-6-11-22-46)37-50-32-31-48(40-57(50)56-42-58-52-25-14-16-29-61(52)70(3,4)62(58)38-44(56)2)49-33-35-64-59(41-49)53-26-15-17-30-63(53)74(64)51-23-12-7-13-24-51/h5-36,38-43H,37H2,1-4H3/t43-/m0/s1. The molecular weight excluding hydrogens is 913 g/mol. The highest BCUT2D eigenvalue weighted by Crippen LogP contribution is 2.51. The molecule has 0 unspecified atom stereocenters. The molecule has 358 valence electrons. The largest absolute Gasteiger partial charge is 0.455 e. The Morgan fingerprint density at radius 3 is 1.84 bits per heavy atom. The predicted octanol–water partition coefficient (Wildman–Crippen LogP) is 18.2. The first kappa shape index (κ1) is 44.5. The SMILES string of the molecule is Cc1cc2c(cc1-c1cc(-c3ccc4c(c3)c3ccccc3n4-c3ccccc3)ccc1C[C@H](C)c1ccc3oc4c(-c5nc(-c6ccccc6)nc(-c6ccccc6)n5)cccc4c3c1)-c1ccccc1C2(C)C. The van der Waals surface area contributed by atoms with Gasteiger partial charge in [-0.15, -0.1) is 0 Å². The minimum Gasteiger partial charge on any atom is -0.455 e. The molecule has 0 amide bonds. The third kappa shape index (κ3) is 7.41. The number of nitrogens with zero attached hydrogens (tertiary/aromatic N) is 4. The van der Waals surface area contributed by atoms with Crippen molar-refractivity contribution in [3.8, 4) is 73.2 Å². The average Bonchev–Trinajstić information content (AvgIpc) is 4.13. The molecule has 10 aromatic carbocycles. The van der Waals surface area contributed by atoms with Crippen LogP contribution in [0.15, 0.2) is 229 Å². The highest BCUT2D eigenvalue weighted by molar-refractivity contribution is 6.11. The number of rotatable bonds is 9. The summed E-state index contributed by atoms with van der Waals surface area (Å²) in [6.45, 7) is 9.39. The maximum absolute atomic E-state index is 6.78. The van der Waals surface area contributed by atoms with Gasteiger partial charge in [-0.25, -0.2) is 15.0 Å². The minimum atomic E-state index is -0.0824. The molecule has 0 fully saturated rings. The van der Waals surface area contributed by atoms with Gasteiger partial charge in [-0.05, 0) is 141 Å². The van der Waals surface area contributed by atoms with E-state index in [9.17, 15) is 0 Å². The number of fused-ring (bicyclic) bond motifs is 9. The lowest BCUT2D eigenvalue weighted by Crippen LogP contribution is -2.15. The van der Waals surface area contributed by atoms with E-state index in [4.69, 9.17) is 19.4 Å². The number of para-hydroxylation sites is 3. The van der Waals surface area contributed by atoms with E-state index in [0.29, 0.717) is 17.5 Å². The average molecular weight is 965 g/mol. The summed E-state index contributed by atoms with van der Waals surface area (Å²) in [6, 6.07) is 80.8. The maximum Gasteiger partial charge on any atom is 0.167 e. The number of furan rings is 1. The molecule has 0 radical (unpaired) electrons. The maximum atomic E-state index is 6.78.